The Labute approximate surface area is 114 Å². The molecule has 2 rings (SSSR count). The molecular formula is C14H15F2N3O. The molecule has 6 heteroatoms. The van der Waals surface area contributed by atoms with Crippen LogP contribution in [0.3, 0.4) is 0 Å². The van der Waals surface area contributed by atoms with Crippen molar-refractivity contribution in [3.05, 3.63) is 57.5 Å². The lowest BCUT2D eigenvalue weighted by atomic mass is 10.1. The minimum absolute atomic E-state index is 0.0742. The topological polar surface area (TPSA) is 57.8 Å². The number of halogens is 2. The normalized spacial score (nSPS) is 10.8. The molecule has 0 saturated carbocycles. The first-order valence-electron chi connectivity index (χ1n) is 6.25. The number of aromatic nitrogens is 2. The summed E-state index contributed by atoms with van der Waals surface area (Å²) in [4.78, 5) is 18.2. The van der Waals surface area contributed by atoms with E-state index in [9.17, 15) is 13.6 Å². The zero-order chi connectivity index (χ0) is 14.7. The summed E-state index contributed by atoms with van der Waals surface area (Å²) in [7, 11) is 0. The first kappa shape index (κ1) is 14.2. The van der Waals surface area contributed by atoms with E-state index >= 15 is 0 Å². The third kappa shape index (κ3) is 3.40. The van der Waals surface area contributed by atoms with Crippen LogP contribution in [0.2, 0.25) is 0 Å². The van der Waals surface area contributed by atoms with Gasteiger partial charge in [0.05, 0.1) is 5.69 Å². The molecule has 1 aromatic carbocycles. The molecule has 0 aliphatic heterocycles. The summed E-state index contributed by atoms with van der Waals surface area (Å²) in [6.07, 6.45) is -0.0742. The van der Waals surface area contributed by atoms with Crippen molar-refractivity contribution in [3.8, 4) is 0 Å². The fourth-order valence-corrected chi connectivity index (χ4v) is 1.82. The average molecular weight is 279 g/mol. The maximum absolute atomic E-state index is 13.6. The number of rotatable bonds is 4. The summed E-state index contributed by atoms with van der Waals surface area (Å²) >= 11 is 0. The van der Waals surface area contributed by atoms with Crippen LogP contribution >= 0.6 is 0 Å². The number of H-pyrrole nitrogens is 1. The van der Waals surface area contributed by atoms with E-state index in [0.29, 0.717) is 11.6 Å². The van der Waals surface area contributed by atoms with Gasteiger partial charge in [-0.1, -0.05) is 6.07 Å². The van der Waals surface area contributed by atoms with Crippen LogP contribution in [0.4, 0.5) is 14.7 Å². The molecule has 4 nitrogen and oxygen atoms in total. The number of benzene rings is 1. The van der Waals surface area contributed by atoms with Gasteiger partial charge >= 0.3 is 0 Å². The SMILES string of the molecule is CC(C)Nc1nc(Cc2c(F)cccc2F)cc(=O)[nH]1. The van der Waals surface area contributed by atoms with Crippen LogP contribution in [-0.4, -0.2) is 16.0 Å². The van der Waals surface area contributed by atoms with Gasteiger partial charge in [-0.05, 0) is 26.0 Å². The minimum Gasteiger partial charge on any atom is -0.354 e. The Morgan fingerprint density at radius 1 is 1.30 bits per heavy atom. The summed E-state index contributed by atoms with van der Waals surface area (Å²) in [5.74, 6) is -1.00. The third-order valence-electron chi connectivity index (χ3n) is 2.64. The number of aromatic amines is 1. The lowest BCUT2D eigenvalue weighted by Gasteiger charge is -2.10. The number of hydrogen-bond donors (Lipinski definition) is 2. The molecule has 0 atom stereocenters. The van der Waals surface area contributed by atoms with E-state index < -0.39 is 11.6 Å². The van der Waals surface area contributed by atoms with Gasteiger partial charge in [0.1, 0.15) is 11.6 Å². The summed E-state index contributed by atoms with van der Waals surface area (Å²) in [5, 5.41) is 2.95. The molecule has 0 unspecified atom stereocenters. The quantitative estimate of drug-likeness (QED) is 0.904. The second-order valence-corrected chi connectivity index (χ2v) is 4.76. The lowest BCUT2D eigenvalue weighted by molar-refractivity contribution is 0.560. The molecule has 2 aromatic rings. The molecule has 0 aliphatic carbocycles. The maximum atomic E-state index is 13.6. The van der Waals surface area contributed by atoms with Crippen molar-refractivity contribution in [2.75, 3.05) is 5.32 Å². The molecule has 0 aliphatic rings. The third-order valence-corrected chi connectivity index (χ3v) is 2.64. The van der Waals surface area contributed by atoms with E-state index in [1.165, 1.54) is 24.3 Å². The van der Waals surface area contributed by atoms with Gasteiger partial charge in [0, 0.05) is 24.1 Å². The van der Waals surface area contributed by atoms with Crippen LogP contribution in [-0.2, 0) is 6.42 Å². The highest BCUT2D eigenvalue weighted by molar-refractivity contribution is 5.30. The van der Waals surface area contributed by atoms with Gasteiger partial charge < -0.3 is 5.32 Å². The highest BCUT2D eigenvalue weighted by Gasteiger charge is 2.11. The molecule has 0 bridgehead atoms. The molecular weight excluding hydrogens is 264 g/mol. The molecule has 0 spiro atoms. The predicted octanol–water partition coefficient (Wildman–Crippen LogP) is 2.46. The Morgan fingerprint density at radius 2 is 1.95 bits per heavy atom. The highest BCUT2D eigenvalue weighted by atomic mass is 19.1. The Morgan fingerprint density at radius 3 is 2.55 bits per heavy atom. The standard InChI is InChI=1S/C14H15F2N3O/c1-8(2)17-14-18-9(7-13(20)19-14)6-10-11(15)4-3-5-12(10)16/h3-5,7-8H,6H2,1-2H3,(H2,17,18,19,20). The maximum Gasteiger partial charge on any atom is 0.252 e. The molecule has 0 radical (unpaired) electrons. The molecule has 20 heavy (non-hydrogen) atoms. The molecule has 1 heterocycles. The fourth-order valence-electron chi connectivity index (χ4n) is 1.82. The van der Waals surface area contributed by atoms with E-state index in [1.807, 2.05) is 13.8 Å². The summed E-state index contributed by atoms with van der Waals surface area (Å²) in [6.45, 7) is 3.78. The van der Waals surface area contributed by atoms with Gasteiger partial charge in [-0.15, -0.1) is 0 Å². The van der Waals surface area contributed by atoms with Crippen molar-refractivity contribution in [1.29, 1.82) is 0 Å². The number of nitrogens with zero attached hydrogens (tertiary/aromatic N) is 1. The Bertz CT molecular complexity index is 647. The van der Waals surface area contributed by atoms with Gasteiger partial charge in [-0.3, -0.25) is 9.78 Å². The number of anilines is 1. The van der Waals surface area contributed by atoms with Crippen LogP contribution in [0.5, 0.6) is 0 Å². The molecule has 2 N–H and O–H groups in total. The predicted molar refractivity (Wildman–Crippen MR) is 72.8 cm³/mol. The van der Waals surface area contributed by atoms with E-state index in [0.717, 1.165) is 0 Å². The van der Waals surface area contributed by atoms with Gasteiger partial charge in [0.25, 0.3) is 5.56 Å². The van der Waals surface area contributed by atoms with Gasteiger partial charge in [0.15, 0.2) is 0 Å². The fraction of sp³-hybridized carbons (Fsp3) is 0.286. The van der Waals surface area contributed by atoms with Crippen molar-refractivity contribution < 1.29 is 8.78 Å². The van der Waals surface area contributed by atoms with Crippen LogP contribution in [0.25, 0.3) is 0 Å². The van der Waals surface area contributed by atoms with Crippen molar-refractivity contribution >= 4 is 5.95 Å². The van der Waals surface area contributed by atoms with Crippen LogP contribution < -0.4 is 10.9 Å². The van der Waals surface area contributed by atoms with Crippen molar-refractivity contribution in [3.63, 3.8) is 0 Å². The molecule has 1 aromatic heterocycles. The van der Waals surface area contributed by atoms with Gasteiger partial charge in [0.2, 0.25) is 5.95 Å². The molecule has 0 saturated heterocycles. The molecule has 106 valence electrons. The molecule has 0 amide bonds. The molecule has 0 fully saturated rings. The second-order valence-electron chi connectivity index (χ2n) is 4.76. The average Bonchev–Trinajstić information content (AvgIpc) is 2.32. The largest absolute Gasteiger partial charge is 0.354 e. The van der Waals surface area contributed by atoms with Crippen molar-refractivity contribution in [2.45, 2.75) is 26.3 Å². The number of hydrogen-bond acceptors (Lipinski definition) is 3. The number of nitrogens with one attached hydrogen (secondary N) is 2. The summed E-state index contributed by atoms with van der Waals surface area (Å²) < 4.78 is 27.2. The second kappa shape index (κ2) is 5.81. The van der Waals surface area contributed by atoms with E-state index in [-0.39, 0.29) is 23.6 Å². The minimum atomic E-state index is -0.648. The van der Waals surface area contributed by atoms with Gasteiger partial charge in [-0.25, -0.2) is 13.8 Å². The van der Waals surface area contributed by atoms with Gasteiger partial charge in [-0.2, -0.15) is 0 Å². The van der Waals surface area contributed by atoms with E-state index in [4.69, 9.17) is 0 Å². The van der Waals surface area contributed by atoms with Crippen LogP contribution in [0.1, 0.15) is 25.1 Å². The monoisotopic (exact) mass is 279 g/mol. The first-order chi connectivity index (χ1) is 9.45. The van der Waals surface area contributed by atoms with E-state index in [1.54, 1.807) is 0 Å². The first-order valence-corrected chi connectivity index (χ1v) is 6.25. The van der Waals surface area contributed by atoms with Crippen molar-refractivity contribution in [1.82, 2.24) is 9.97 Å². The lowest BCUT2D eigenvalue weighted by Crippen LogP contribution is -2.18. The zero-order valence-electron chi connectivity index (χ0n) is 11.2. The Balaban J connectivity index is 2.34. The highest BCUT2D eigenvalue weighted by Crippen LogP contribution is 2.15. The smallest absolute Gasteiger partial charge is 0.252 e. The Hall–Kier alpha value is -2.24. The van der Waals surface area contributed by atoms with Crippen LogP contribution in [0, 0.1) is 11.6 Å². The summed E-state index contributed by atoms with van der Waals surface area (Å²) in [5.41, 5.74) is -0.156. The van der Waals surface area contributed by atoms with Crippen LogP contribution in [0.15, 0.2) is 29.1 Å². The Kier molecular flexibility index (Phi) is 4.12. The summed E-state index contributed by atoms with van der Waals surface area (Å²) in [6, 6.07) is 4.97. The van der Waals surface area contributed by atoms with E-state index in [2.05, 4.69) is 15.3 Å². The van der Waals surface area contributed by atoms with Crippen molar-refractivity contribution in [2.24, 2.45) is 0 Å². The zero-order valence-corrected chi connectivity index (χ0v) is 11.2.